The molecule has 1 saturated heterocycles. The first-order chi connectivity index (χ1) is 16.1. The molecule has 1 atom stereocenters. The van der Waals surface area contributed by atoms with E-state index >= 15 is 0 Å². The van der Waals surface area contributed by atoms with Gasteiger partial charge in [0, 0.05) is 55.3 Å². The summed E-state index contributed by atoms with van der Waals surface area (Å²) in [5.74, 6) is 3.47. The third kappa shape index (κ3) is 5.06. The number of anilines is 3. The van der Waals surface area contributed by atoms with Crippen molar-refractivity contribution < 1.29 is 14.2 Å². The second kappa shape index (κ2) is 10.3. The molecule has 0 aliphatic carbocycles. The third-order valence-electron chi connectivity index (χ3n) is 5.57. The van der Waals surface area contributed by atoms with Crippen molar-refractivity contribution in [3.05, 3.63) is 36.8 Å². The highest BCUT2D eigenvalue weighted by Crippen LogP contribution is 2.40. The molecule has 0 saturated carbocycles. The molecule has 1 fully saturated rings. The van der Waals surface area contributed by atoms with Gasteiger partial charge in [0.2, 0.25) is 11.7 Å². The molecule has 174 valence electrons. The van der Waals surface area contributed by atoms with Crippen LogP contribution < -0.4 is 29.7 Å². The Balaban J connectivity index is 1.53. The molecule has 3 aromatic rings. The molecule has 0 bridgehead atoms. The van der Waals surface area contributed by atoms with Gasteiger partial charge < -0.3 is 29.7 Å². The van der Waals surface area contributed by atoms with Gasteiger partial charge in [0.15, 0.2) is 17.3 Å². The second-order valence-electron chi connectivity index (χ2n) is 7.58. The molecule has 1 unspecified atom stereocenters. The van der Waals surface area contributed by atoms with Gasteiger partial charge in [-0.2, -0.15) is 4.98 Å². The largest absolute Gasteiger partial charge is 0.493 e. The molecular weight excluding hydrogens is 422 g/mol. The molecule has 3 heterocycles. The number of hydrogen-bond acceptors (Lipinski definition) is 10. The highest BCUT2D eigenvalue weighted by atomic mass is 16.5. The number of benzene rings is 1. The number of nitrogens with zero attached hydrogens (tertiary/aromatic N) is 5. The SMILES string of the molecule is CCC1CN(c2ccc(-c3ncnc(Nc4cc(OC)c(OC)c(OC)c4)n3)cn2)CCN1. The Kier molecular flexibility index (Phi) is 7.04. The van der Waals surface area contributed by atoms with E-state index in [9.17, 15) is 0 Å². The van der Waals surface area contributed by atoms with E-state index in [1.165, 1.54) is 6.33 Å². The van der Waals surface area contributed by atoms with Gasteiger partial charge in [0.1, 0.15) is 12.1 Å². The van der Waals surface area contributed by atoms with Crippen molar-refractivity contribution in [2.75, 3.05) is 51.2 Å². The van der Waals surface area contributed by atoms with Crippen LogP contribution in [0.3, 0.4) is 0 Å². The zero-order chi connectivity index (χ0) is 23.2. The van der Waals surface area contributed by atoms with Crippen LogP contribution in [-0.4, -0.2) is 66.9 Å². The molecule has 10 nitrogen and oxygen atoms in total. The minimum Gasteiger partial charge on any atom is -0.493 e. The van der Waals surface area contributed by atoms with Crippen molar-refractivity contribution >= 4 is 17.5 Å². The molecule has 1 aromatic carbocycles. The van der Waals surface area contributed by atoms with E-state index < -0.39 is 0 Å². The fourth-order valence-electron chi connectivity index (χ4n) is 3.79. The van der Waals surface area contributed by atoms with Gasteiger partial charge in [-0.05, 0) is 18.6 Å². The molecule has 0 radical (unpaired) electrons. The minimum absolute atomic E-state index is 0.395. The predicted octanol–water partition coefficient (Wildman–Crippen LogP) is 2.89. The lowest BCUT2D eigenvalue weighted by molar-refractivity contribution is 0.324. The van der Waals surface area contributed by atoms with E-state index in [-0.39, 0.29) is 0 Å². The first-order valence-corrected chi connectivity index (χ1v) is 10.9. The topological polar surface area (TPSA) is 107 Å². The standard InChI is InChI=1S/C23H29N7O3/c1-5-16-13-30(9-8-24-16)20-7-6-15(12-25-20)22-26-14-27-23(29-22)28-17-10-18(31-2)21(33-4)19(11-17)32-3/h6-7,10-12,14,16,24H,5,8-9,13H2,1-4H3,(H,26,27,28,29). The van der Waals surface area contributed by atoms with E-state index in [2.05, 4.69) is 42.4 Å². The predicted molar refractivity (Wildman–Crippen MR) is 127 cm³/mol. The number of ether oxygens (including phenoxy) is 3. The molecule has 2 aromatic heterocycles. The fourth-order valence-corrected chi connectivity index (χ4v) is 3.79. The molecule has 1 aliphatic rings. The smallest absolute Gasteiger partial charge is 0.230 e. The number of methoxy groups -OCH3 is 3. The van der Waals surface area contributed by atoms with Gasteiger partial charge in [0.25, 0.3) is 0 Å². The molecule has 33 heavy (non-hydrogen) atoms. The average Bonchev–Trinajstić information content (AvgIpc) is 2.88. The van der Waals surface area contributed by atoms with Gasteiger partial charge in [-0.25, -0.2) is 15.0 Å². The molecule has 10 heteroatoms. The van der Waals surface area contributed by atoms with Crippen LogP contribution >= 0.6 is 0 Å². The van der Waals surface area contributed by atoms with Crippen molar-refractivity contribution in [1.82, 2.24) is 25.3 Å². The van der Waals surface area contributed by atoms with Crippen molar-refractivity contribution in [3.8, 4) is 28.6 Å². The maximum absolute atomic E-state index is 5.41. The summed E-state index contributed by atoms with van der Waals surface area (Å²) in [7, 11) is 4.71. The van der Waals surface area contributed by atoms with Crippen LogP contribution in [0.25, 0.3) is 11.4 Å². The zero-order valence-corrected chi connectivity index (χ0v) is 19.3. The van der Waals surface area contributed by atoms with Crippen LogP contribution in [0.1, 0.15) is 13.3 Å². The van der Waals surface area contributed by atoms with E-state index in [1.807, 2.05) is 12.1 Å². The van der Waals surface area contributed by atoms with Crippen LogP contribution in [0.2, 0.25) is 0 Å². The van der Waals surface area contributed by atoms with Gasteiger partial charge >= 0.3 is 0 Å². The summed E-state index contributed by atoms with van der Waals surface area (Å²) < 4.78 is 16.2. The summed E-state index contributed by atoms with van der Waals surface area (Å²) in [6.45, 7) is 5.06. The highest BCUT2D eigenvalue weighted by molar-refractivity contribution is 5.66. The molecule has 2 N–H and O–H groups in total. The summed E-state index contributed by atoms with van der Waals surface area (Å²) >= 11 is 0. The summed E-state index contributed by atoms with van der Waals surface area (Å²) in [4.78, 5) is 20.1. The number of aromatic nitrogens is 4. The fraction of sp³-hybridized carbons (Fsp3) is 0.391. The van der Waals surface area contributed by atoms with Gasteiger partial charge in [-0.15, -0.1) is 0 Å². The van der Waals surface area contributed by atoms with Crippen LogP contribution in [-0.2, 0) is 0 Å². The number of rotatable bonds is 8. The quantitative estimate of drug-likeness (QED) is 0.531. The normalized spacial score (nSPS) is 15.8. The molecule has 0 spiro atoms. The average molecular weight is 452 g/mol. The van der Waals surface area contributed by atoms with E-state index in [1.54, 1.807) is 39.7 Å². The Labute approximate surface area is 193 Å². The lowest BCUT2D eigenvalue weighted by Gasteiger charge is -2.34. The number of piperazine rings is 1. The Morgan fingerprint density at radius 1 is 1.06 bits per heavy atom. The van der Waals surface area contributed by atoms with Crippen LogP contribution in [0.15, 0.2) is 36.8 Å². The maximum Gasteiger partial charge on any atom is 0.230 e. The summed E-state index contributed by atoms with van der Waals surface area (Å²) in [6, 6.07) is 8.08. The number of nitrogens with one attached hydrogen (secondary N) is 2. The molecule has 4 rings (SSSR count). The first-order valence-electron chi connectivity index (χ1n) is 10.9. The zero-order valence-electron chi connectivity index (χ0n) is 19.3. The van der Waals surface area contributed by atoms with Crippen molar-refractivity contribution in [2.45, 2.75) is 19.4 Å². The van der Waals surface area contributed by atoms with Gasteiger partial charge in [0.05, 0.1) is 21.3 Å². The van der Waals surface area contributed by atoms with Crippen molar-refractivity contribution in [2.24, 2.45) is 0 Å². The summed E-state index contributed by atoms with van der Waals surface area (Å²) in [5, 5.41) is 6.70. The van der Waals surface area contributed by atoms with Crippen molar-refractivity contribution in [1.29, 1.82) is 0 Å². The second-order valence-corrected chi connectivity index (χ2v) is 7.58. The molecular formula is C23H29N7O3. The molecule has 0 amide bonds. The minimum atomic E-state index is 0.395. The van der Waals surface area contributed by atoms with Gasteiger partial charge in [-0.3, -0.25) is 0 Å². The Morgan fingerprint density at radius 2 is 1.85 bits per heavy atom. The van der Waals surface area contributed by atoms with E-state index in [0.717, 1.165) is 37.4 Å². The Bertz CT molecular complexity index is 1050. The first kappa shape index (κ1) is 22.5. The lowest BCUT2D eigenvalue weighted by Crippen LogP contribution is -2.50. The van der Waals surface area contributed by atoms with E-state index in [0.29, 0.717) is 40.8 Å². The maximum atomic E-state index is 5.41. The molecule has 1 aliphatic heterocycles. The van der Waals surface area contributed by atoms with Crippen molar-refractivity contribution in [3.63, 3.8) is 0 Å². The van der Waals surface area contributed by atoms with Gasteiger partial charge in [-0.1, -0.05) is 6.92 Å². The summed E-state index contributed by atoms with van der Waals surface area (Å²) in [6.07, 6.45) is 4.37. The van der Waals surface area contributed by atoms with Crippen LogP contribution in [0.4, 0.5) is 17.5 Å². The Hall–Kier alpha value is -3.66. The monoisotopic (exact) mass is 451 g/mol. The summed E-state index contributed by atoms with van der Waals surface area (Å²) in [5.41, 5.74) is 1.51. The third-order valence-corrected chi connectivity index (χ3v) is 5.57. The highest BCUT2D eigenvalue weighted by Gasteiger charge is 2.19. The number of hydrogen-bond donors (Lipinski definition) is 2. The number of pyridine rings is 1. The Morgan fingerprint density at radius 3 is 2.48 bits per heavy atom. The van der Waals surface area contributed by atoms with E-state index in [4.69, 9.17) is 14.2 Å². The van der Waals surface area contributed by atoms with Crippen LogP contribution in [0, 0.1) is 0 Å². The lowest BCUT2D eigenvalue weighted by atomic mass is 10.1. The van der Waals surface area contributed by atoms with Crippen LogP contribution in [0.5, 0.6) is 17.2 Å².